The second-order valence-electron chi connectivity index (χ2n) is 5.93. The molecule has 0 aliphatic rings. The van der Waals surface area contributed by atoms with Crippen LogP contribution in [-0.2, 0) is 9.53 Å². The Morgan fingerprint density at radius 3 is 2.22 bits per heavy atom. The minimum atomic E-state index is -0.0772. The molecule has 0 aromatic rings. The first-order valence-corrected chi connectivity index (χ1v) is 8.70. The summed E-state index contributed by atoms with van der Waals surface area (Å²) in [5.41, 5.74) is 0. The van der Waals surface area contributed by atoms with Crippen LogP contribution in [0.5, 0.6) is 0 Å². The Morgan fingerprint density at radius 2 is 1.65 bits per heavy atom. The van der Waals surface area contributed by atoms with E-state index in [9.17, 15) is 4.79 Å². The van der Waals surface area contributed by atoms with Gasteiger partial charge in [0.25, 0.3) is 0 Å². The summed E-state index contributed by atoms with van der Waals surface area (Å²) < 4.78 is 4.90. The molecule has 0 aliphatic carbocycles. The first-order chi connectivity index (χ1) is 10.6. The molecule has 0 bridgehead atoms. The van der Waals surface area contributed by atoms with Gasteiger partial charge in [-0.05, 0) is 38.5 Å². The number of esters is 1. The highest BCUT2D eigenvalue weighted by Crippen LogP contribution is 2.04. The second kappa shape index (κ2) is 17.8. The highest BCUT2D eigenvalue weighted by Gasteiger charge is 2.01. The fraction of sp³-hybridized carbons (Fsp3) is 0.882. The SMILES string of the molecule is CCOC(=O)CCCCCCNC(=NC)NCCCC(C)C.I. The van der Waals surface area contributed by atoms with Gasteiger partial charge in [0.05, 0.1) is 6.61 Å². The van der Waals surface area contributed by atoms with Crippen LogP contribution in [0.25, 0.3) is 0 Å². The number of aliphatic imine (C=N–C) groups is 1. The molecule has 0 aromatic heterocycles. The molecule has 0 saturated carbocycles. The van der Waals surface area contributed by atoms with Gasteiger partial charge in [0.15, 0.2) is 5.96 Å². The van der Waals surface area contributed by atoms with E-state index in [0.717, 1.165) is 50.7 Å². The number of rotatable bonds is 12. The van der Waals surface area contributed by atoms with Crippen LogP contribution in [0.4, 0.5) is 0 Å². The van der Waals surface area contributed by atoms with Crippen LogP contribution in [0.1, 0.15) is 65.7 Å². The lowest BCUT2D eigenvalue weighted by Gasteiger charge is -2.12. The van der Waals surface area contributed by atoms with Crippen molar-refractivity contribution >= 4 is 35.9 Å². The van der Waals surface area contributed by atoms with Gasteiger partial charge in [-0.3, -0.25) is 9.79 Å². The van der Waals surface area contributed by atoms with Crippen molar-refractivity contribution in [2.24, 2.45) is 10.9 Å². The van der Waals surface area contributed by atoms with E-state index in [0.29, 0.717) is 13.0 Å². The lowest BCUT2D eigenvalue weighted by molar-refractivity contribution is -0.143. The van der Waals surface area contributed by atoms with Crippen molar-refractivity contribution in [2.45, 2.75) is 65.7 Å². The lowest BCUT2D eigenvalue weighted by atomic mass is 10.1. The molecule has 0 spiro atoms. The zero-order valence-corrected chi connectivity index (χ0v) is 17.7. The van der Waals surface area contributed by atoms with Crippen molar-refractivity contribution in [1.82, 2.24) is 10.6 Å². The zero-order chi connectivity index (χ0) is 16.6. The van der Waals surface area contributed by atoms with E-state index in [1.807, 2.05) is 6.92 Å². The number of carbonyl (C=O) groups is 1. The quantitative estimate of drug-likeness (QED) is 0.159. The molecule has 0 aliphatic heterocycles. The highest BCUT2D eigenvalue weighted by molar-refractivity contribution is 14.0. The molecule has 0 rings (SSSR count). The summed E-state index contributed by atoms with van der Waals surface area (Å²) in [5.74, 6) is 1.56. The van der Waals surface area contributed by atoms with Crippen LogP contribution >= 0.6 is 24.0 Å². The summed E-state index contributed by atoms with van der Waals surface area (Å²) >= 11 is 0. The molecule has 0 amide bonds. The second-order valence-corrected chi connectivity index (χ2v) is 5.93. The third kappa shape index (κ3) is 17.7. The maximum atomic E-state index is 11.2. The van der Waals surface area contributed by atoms with Gasteiger partial charge >= 0.3 is 5.97 Å². The van der Waals surface area contributed by atoms with E-state index in [2.05, 4.69) is 29.5 Å². The number of nitrogens with one attached hydrogen (secondary N) is 2. The Bertz CT molecular complexity index is 310. The summed E-state index contributed by atoms with van der Waals surface area (Å²) in [4.78, 5) is 15.4. The van der Waals surface area contributed by atoms with Gasteiger partial charge in [-0.1, -0.05) is 26.7 Å². The van der Waals surface area contributed by atoms with Gasteiger partial charge in [0, 0.05) is 26.6 Å². The minimum absolute atomic E-state index is 0. The maximum absolute atomic E-state index is 11.2. The summed E-state index contributed by atoms with van der Waals surface area (Å²) in [5, 5.41) is 6.66. The van der Waals surface area contributed by atoms with E-state index in [1.54, 1.807) is 7.05 Å². The average molecular weight is 441 g/mol. The number of nitrogens with zero attached hydrogens (tertiary/aromatic N) is 1. The van der Waals surface area contributed by atoms with Crippen molar-refractivity contribution in [3.8, 4) is 0 Å². The first kappa shape index (κ1) is 24.7. The van der Waals surface area contributed by atoms with Crippen LogP contribution in [0.2, 0.25) is 0 Å². The summed E-state index contributed by atoms with van der Waals surface area (Å²) in [6.45, 7) is 8.70. The van der Waals surface area contributed by atoms with Crippen molar-refractivity contribution < 1.29 is 9.53 Å². The number of unbranched alkanes of at least 4 members (excludes halogenated alkanes) is 3. The molecular weight excluding hydrogens is 405 g/mol. The third-order valence-corrected chi connectivity index (χ3v) is 3.38. The van der Waals surface area contributed by atoms with Gasteiger partial charge < -0.3 is 15.4 Å². The molecule has 0 aromatic carbocycles. The molecule has 0 atom stereocenters. The Morgan fingerprint density at radius 1 is 1.04 bits per heavy atom. The van der Waals surface area contributed by atoms with E-state index in [1.165, 1.54) is 12.8 Å². The molecule has 0 saturated heterocycles. The van der Waals surface area contributed by atoms with Crippen molar-refractivity contribution in [2.75, 3.05) is 26.7 Å². The Kier molecular flexibility index (Phi) is 19.1. The third-order valence-electron chi connectivity index (χ3n) is 3.38. The molecule has 0 unspecified atom stereocenters. The molecule has 0 heterocycles. The Hall–Kier alpha value is -0.530. The summed E-state index contributed by atoms with van der Waals surface area (Å²) in [7, 11) is 1.80. The topological polar surface area (TPSA) is 62.7 Å². The molecule has 138 valence electrons. The van der Waals surface area contributed by atoms with Gasteiger partial charge in [-0.25, -0.2) is 0 Å². The van der Waals surface area contributed by atoms with Gasteiger partial charge in [-0.15, -0.1) is 24.0 Å². The van der Waals surface area contributed by atoms with E-state index in [-0.39, 0.29) is 29.9 Å². The van der Waals surface area contributed by atoms with E-state index in [4.69, 9.17) is 4.74 Å². The molecular formula is C17H36IN3O2. The number of guanidine groups is 1. The van der Waals surface area contributed by atoms with Crippen LogP contribution in [-0.4, -0.2) is 38.7 Å². The number of hydrogen-bond donors (Lipinski definition) is 2. The smallest absolute Gasteiger partial charge is 0.305 e. The molecule has 6 heteroatoms. The van der Waals surface area contributed by atoms with E-state index < -0.39 is 0 Å². The van der Waals surface area contributed by atoms with Crippen LogP contribution < -0.4 is 10.6 Å². The normalized spacial score (nSPS) is 11.1. The predicted octanol–water partition coefficient (Wildman–Crippen LogP) is 3.72. The summed E-state index contributed by atoms with van der Waals surface area (Å²) in [6.07, 6.45) is 7.16. The van der Waals surface area contributed by atoms with Crippen molar-refractivity contribution in [1.29, 1.82) is 0 Å². The summed E-state index contributed by atoms with van der Waals surface area (Å²) in [6, 6.07) is 0. The molecule has 5 nitrogen and oxygen atoms in total. The minimum Gasteiger partial charge on any atom is -0.466 e. The zero-order valence-electron chi connectivity index (χ0n) is 15.3. The number of ether oxygens (including phenoxy) is 1. The average Bonchev–Trinajstić information content (AvgIpc) is 2.48. The monoisotopic (exact) mass is 441 g/mol. The molecule has 0 fully saturated rings. The van der Waals surface area contributed by atoms with Crippen LogP contribution in [0.15, 0.2) is 4.99 Å². The fourth-order valence-corrected chi connectivity index (χ4v) is 2.13. The van der Waals surface area contributed by atoms with Gasteiger partial charge in [0.1, 0.15) is 0 Å². The van der Waals surface area contributed by atoms with Gasteiger partial charge in [-0.2, -0.15) is 0 Å². The maximum Gasteiger partial charge on any atom is 0.305 e. The van der Waals surface area contributed by atoms with Crippen LogP contribution in [0, 0.1) is 5.92 Å². The molecule has 0 radical (unpaired) electrons. The van der Waals surface area contributed by atoms with Crippen LogP contribution in [0.3, 0.4) is 0 Å². The largest absolute Gasteiger partial charge is 0.466 e. The molecule has 23 heavy (non-hydrogen) atoms. The Labute approximate surface area is 159 Å². The fourth-order valence-electron chi connectivity index (χ4n) is 2.13. The van der Waals surface area contributed by atoms with Crippen molar-refractivity contribution in [3.05, 3.63) is 0 Å². The first-order valence-electron chi connectivity index (χ1n) is 8.70. The van der Waals surface area contributed by atoms with Crippen molar-refractivity contribution in [3.63, 3.8) is 0 Å². The highest BCUT2D eigenvalue weighted by atomic mass is 127. The van der Waals surface area contributed by atoms with Gasteiger partial charge in [0.2, 0.25) is 0 Å². The molecule has 2 N–H and O–H groups in total. The number of carbonyl (C=O) groups excluding carboxylic acids is 1. The predicted molar refractivity (Wildman–Crippen MR) is 109 cm³/mol. The number of hydrogen-bond acceptors (Lipinski definition) is 3. The van der Waals surface area contributed by atoms with E-state index >= 15 is 0 Å². The number of halogens is 1. The lowest BCUT2D eigenvalue weighted by Crippen LogP contribution is -2.38. The Balaban J connectivity index is 0. The standard InChI is InChI=1S/C17H35N3O2.HI/c1-5-22-16(21)12-8-6-7-9-13-19-17(18-4)20-14-10-11-15(2)3;/h15H,5-14H2,1-4H3,(H2,18,19,20);1H.